The van der Waals surface area contributed by atoms with Crippen molar-refractivity contribution in [1.29, 1.82) is 5.26 Å². The first-order valence-corrected chi connectivity index (χ1v) is 4.94. The summed E-state index contributed by atoms with van der Waals surface area (Å²) in [5.41, 5.74) is 1.67. The SMILES string of the molecule is N#Cc1cnc(-c2cccc(Br)n2)cn1. The molecule has 0 bridgehead atoms. The zero-order chi connectivity index (χ0) is 10.7. The maximum atomic E-state index is 8.57. The van der Waals surface area contributed by atoms with Gasteiger partial charge in [0.25, 0.3) is 0 Å². The van der Waals surface area contributed by atoms with Gasteiger partial charge in [0.2, 0.25) is 0 Å². The molecule has 2 aromatic rings. The van der Waals surface area contributed by atoms with Crippen molar-refractivity contribution in [2.45, 2.75) is 0 Å². The van der Waals surface area contributed by atoms with Crippen molar-refractivity contribution in [3.05, 3.63) is 40.9 Å². The van der Waals surface area contributed by atoms with E-state index in [1.54, 1.807) is 0 Å². The van der Waals surface area contributed by atoms with Crippen molar-refractivity contribution in [1.82, 2.24) is 15.0 Å². The summed E-state index contributed by atoms with van der Waals surface area (Å²) in [5, 5.41) is 8.57. The lowest BCUT2D eigenvalue weighted by Gasteiger charge is -1.99. The molecule has 0 saturated carbocycles. The smallest absolute Gasteiger partial charge is 0.158 e. The standard InChI is InChI=1S/C10H5BrN4/c11-10-3-1-2-8(15-10)9-6-13-7(4-12)5-14-9/h1-3,5-6H. The highest BCUT2D eigenvalue weighted by molar-refractivity contribution is 9.10. The highest BCUT2D eigenvalue weighted by atomic mass is 79.9. The minimum atomic E-state index is 0.300. The Hall–Kier alpha value is -1.80. The van der Waals surface area contributed by atoms with Crippen LogP contribution in [-0.4, -0.2) is 15.0 Å². The highest BCUT2D eigenvalue weighted by Gasteiger charge is 2.02. The molecular formula is C10H5BrN4. The van der Waals surface area contributed by atoms with Crippen molar-refractivity contribution in [2.24, 2.45) is 0 Å². The van der Waals surface area contributed by atoms with Gasteiger partial charge in [0.15, 0.2) is 5.69 Å². The second kappa shape index (κ2) is 4.15. The lowest BCUT2D eigenvalue weighted by molar-refractivity contribution is 1.14. The number of nitrogens with zero attached hydrogens (tertiary/aromatic N) is 4. The summed E-state index contributed by atoms with van der Waals surface area (Å²) >= 11 is 3.28. The number of rotatable bonds is 1. The molecule has 0 atom stereocenters. The Bertz CT molecular complexity index is 516. The predicted octanol–water partition coefficient (Wildman–Crippen LogP) is 2.17. The van der Waals surface area contributed by atoms with Crippen LogP contribution in [0.2, 0.25) is 0 Å². The van der Waals surface area contributed by atoms with Crippen LogP contribution in [0.4, 0.5) is 0 Å². The molecule has 0 fully saturated rings. The van der Waals surface area contributed by atoms with Gasteiger partial charge in [-0.15, -0.1) is 0 Å². The molecule has 4 nitrogen and oxygen atoms in total. The third-order valence-electron chi connectivity index (χ3n) is 1.74. The van der Waals surface area contributed by atoms with Crippen LogP contribution < -0.4 is 0 Å². The Morgan fingerprint density at radius 3 is 2.60 bits per heavy atom. The summed E-state index contributed by atoms with van der Waals surface area (Å²) in [6.45, 7) is 0. The minimum Gasteiger partial charge on any atom is -0.250 e. The zero-order valence-electron chi connectivity index (χ0n) is 7.55. The third-order valence-corrected chi connectivity index (χ3v) is 2.19. The van der Waals surface area contributed by atoms with Gasteiger partial charge in [0, 0.05) is 0 Å². The van der Waals surface area contributed by atoms with E-state index >= 15 is 0 Å². The maximum absolute atomic E-state index is 8.57. The molecule has 0 amide bonds. The second-order valence-electron chi connectivity index (χ2n) is 2.74. The molecule has 2 aromatic heterocycles. The number of hydrogen-bond donors (Lipinski definition) is 0. The van der Waals surface area contributed by atoms with Gasteiger partial charge in [0.05, 0.1) is 18.1 Å². The van der Waals surface area contributed by atoms with E-state index in [0.717, 1.165) is 10.3 Å². The number of hydrogen-bond acceptors (Lipinski definition) is 4. The van der Waals surface area contributed by atoms with Gasteiger partial charge in [-0.2, -0.15) is 5.26 Å². The Morgan fingerprint density at radius 2 is 2.00 bits per heavy atom. The fourth-order valence-electron chi connectivity index (χ4n) is 1.07. The molecule has 5 heteroatoms. The average molecular weight is 261 g/mol. The van der Waals surface area contributed by atoms with Crippen molar-refractivity contribution in [3.63, 3.8) is 0 Å². The molecule has 0 spiro atoms. The Labute approximate surface area is 94.8 Å². The first kappa shape index (κ1) is 9.74. The summed E-state index contributed by atoms with van der Waals surface area (Å²) in [7, 11) is 0. The fraction of sp³-hybridized carbons (Fsp3) is 0. The van der Waals surface area contributed by atoms with Crippen molar-refractivity contribution in [2.75, 3.05) is 0 Å². The molecule has 0 saturated heterocycles. The third kappa shape index (κ3) is 2.17. The van der Waals surface area contributed by atoms with E-state index in [1.165, 1.54) is 12.4 Å². The fourth-order valence-corrected chi connectivity index (χ4v) is 1.41. The molecule has 0 N–H and O–H groups in total. The van der Waals surface area contributed by atoms with E-state index in [0.29, 0.717) is 11.4 Å². The van der Waals surface area contributed by atoms with Crippen molar-refractivity contribution in [3.8, 4) is 17.5 Å². The van der Waals surface area contributed by atoms with Crippen molar-refractivity contribution < 1.29 is 0 Å². The van der Waals surface area contributed by atoms with Crippen LogP contribution in [0.5, 0.6) is 0 Å². The van der Waals surface area contributed by atoms with E-state index in [-0.39, 0.29) is 0 Å². The summed E-state index contributed by atoms with van der Waals surface area (Å²) in [4.78, 5) is 12.2. The van der Waals surface area contributed by atoms with Gasteiger partial charge in [0.1, 0.15) is 16.4 Å². The molecular weight excluding hydrogens is 256 g/mol. The highest BCUT2D eigenvalue weighted by Crippen LogP contribution is 2.15. The van der Waals surface area contributed by atoms with Gasteiger partial charge < -0.3 is 0 Å². The van der Waals surface area contributed by atoms with Crippen LogP contribution in [0.1, 0.15) is 5.69 Å². The summed E-state index contributed by atoms with van der Waals surface area (Å²) in [6.07, 6.45) is 2.96. The quantitative estimate of drug-likeness (QED) is 0.738. The summed E-state index contributed by atoms with van der Waals surface area (Å²) in [5.74, 6) is 0. The molecule has 0 radical (unpaired) electrons. The van der Waals surface area contributed by atoms with E-state index in [9.17, 15) is 0 Å². The maximum Gasteiger partial charge on any atom is 0.158 e. The van der Waals surface area contributed by atoms with Gasteiger partial charge in [-0.3, -0.25) is 0 Å². The lowest BCUT2D eigenvalue weighted by atomic mass is 10.3. The van der Waals surface area contributed by atoms with E-state index < -0.39 is 0 Å². The minimum absolute atomic E-state index is 0.300. The number of aromatic nitrogens is 3. The van der Waals surface area contributed by atoms with Crippen LogP contribution in [0, 0.1) is 11.3 Å². The first-order chi connectivity index (χ1) is 7.29. The van der Waals surface area contributed by atoms with Gasteiger partial charge in [-0.1, -0.05) is 6.07 Å². The Balaban J connectivity index is 2.42. The van der Waals surface area contributed by atoms with Crippen LogP contribution in [0.25, 0.3) is 11.4 Å². The van der Waals surface area contributed by atoms with E-state index in [4.69, 9.17) is 5.26 Å². The van der Waals surface area contributed by atoms with Crippen LogP contribution in [0.3, 0.4) is 0 Å². The first-order valence-electron chi connectivity index (χ1n) is 4.14. The summed E-state index contributed by atoms with van der Waals surface area (Å²) in [6, 6.07) is 7.45. The monoisotopic (exact) mass is 260 g/mol. The number of halogens is 1. The van der Waals surface area contributed by atoms with E-state index in [1.807, 2.05) is 24.3 Å². The molecule has 0 aromatic carbocycles. The van der Waals surface area contributed by atoms with E-state index in [2.05, 4.69) is 30.9 Å². The Kier molecular flexibility index (Phi) is 2.70. The molecule has 72 valence electrons. The predicted molar refractivity (Wildman–Crippen MR) is 57.7 cm³/mol. The molecule has 0 aliphatic rings. The molecule has 0 aliphatic heterocycles. The lowest BCUT2D eigenvalue weighted by Crippen LogP contribution is -1.91. The normalized spacial score (nSPS) is 9.60. The molecule has 15 heavy (non-hydrogen) atoms. The number of nitriles is 1. The molecule has 2 heterocycles. The van der Waals surface area contributed by atoms with Gasteiger partial charge in [-0.25, -0.2) is 15.0 Å². The zero-order valence-corrected chi connectivity index (χ0v) is 9.14. The Morgan fingerprint density at radius 1 is 1.13 bits per heavy atom. The van der Waals surface area contributed by atoms with Gasteiger partial charge in [-0.05, 0) is 28.1 Å². The topological polar surface area (TPSA) is 62.5 Å². The largest absolute Gasteiger partial charge is 0.250 e. The average Bonchev–Trinajstić information content (AvgIpc) is 2.29. The molecule has 0 unspecified atom stereocenters. The van der Waals surface area contributed by atoms with Crippen LogP contribution >= 0.6 is 15.9 Å². The number of pyridine rings is 1. The summed E-state index contributed by atoms with van der Waals surface area (Å²) < 4.78 is 0.742. The second-order valence-corrected chi connectivity index (χ2v) is 3.56. The molecule has 2 rings (SSSR count). The molecule has 0 aliphatic carbocycles. The van der Waals surface area contributed by atoms with Crippen molar-refractivity contribution >= 4 is 15.9 Å². The van der Waals surface area contributed by atoms with Crippen LogP contribution in [-0.2, 0) is 0 Å². The van der Waals surface area contributed by atoms with Gasteiger partial charge >= 0.3 is 0 Å². The van der Waals surface area contributed by atoms with Crippen LogP contribution in [0.15, 0.2) is 35.2 Å².